The van der Waals surface area contributed by atoms with Crippen LogP contribution >= 0.6 is 0 Å². The average molecular weight is 794 g/mol. The van der Waals surface area contributed by atoms with Gasteiger partial charge in [0.05, 0.1) is 36.4 Å². The van der Waals surface area contributed by atoms with E-state index in [9.17, 15) is 24.9 Å². The number of piperidine rings is 1. The molecule has 6 heterocycles. The molecule has 4 aromatic rings. The quantitative estimate of drug-likeness (QED) is 0.192. The number of amides is 2. The van der Waals surface area contributed by atoms with Gasteiger partial charge in [0.2, 0.25) is 23.8 Å². The van der Waals surface area contributed by atoms with Crippen molar-refractivity contribution in [2.24, 2.45) is 0 Å². The molecule has 17 heteroatoms. The summed E-state index contributed by atoms with van der Waals surface area (Å²) in [5, 5.41) is 32.3. The highest BCUT2D eigenvalue weighted by molar-refractivity contribution is 5.97. The van der Waals surface area contributed by atoms with Crippen molar-refractivity contribution in [2.75, 3.05) is 81.1 Å². The molecule has 0 bridgehead atoms. The van der Waals surface area contributed by atoms with Crippen molar-refractivity contribution in [3.8, 4) is 22.9 Å². The van der Waals surface area contributed by atoms with E-state index in [2.05, 4.69) is 38.0 Å². The third-order valence-electron chi connectivity index (χ3n) is 11.7. The number of carbonyl (C=O) groups is 2. The molecule has 17 nitrogen and oxygen atoms in total. The number of rotatable bonds is 9. The summed E-state index contributed by atoms with van der Waals surface area (Å²) in [7, 11) is 0. The van der Waals surface area contributed by atoms with Crippen LogP contribution < -0.4 is 15.5 Å². The molecule has 3 saturated heterocycles. The number of carbonyl (C=O) groups excluding carboxylic acids is 2. The van der Waals surface area contributed by atoms with E-state index >= 15 is 0 Å². The van der Waals surface area contributed by atoms with E-state index in [0.29, 0.717) is 120 Å². The molecule has 0 unspecified atom stereocenters. The number of aromatic hydroxyl groups is 2. The number of nitrogens with two attached hydrogens (primary N) is 1. The molecule has 0 radical (unpaired) electrons. The van der Waals surface area contributed by atoms with Crippen molar-refractivity contribution >= 4 is 29.7 Å². The standard InChI is InChI=1S/C41H51N11O6/c1-26(2)31-18-32(34(54)19-33(31)53)37(56)52-24-28-4-3-27(17-29(28)25-52)23-48-9-11-49(12-10-48)35(55)20-41(57)5-7-50(8-6-41)39-45-36(30-21-43-38(42)44-22-30)46-40(47-39)51-13-15-58-16-14-51/h3-4,17-19,21-22,26,53-54,57H,5-16,20,23-25H2,1-2H3,(H2,42,43,44). The van der Waals surface area contributed by atoms with Gasteiger partial charge in [0, 0.05) is 90.5 Å². The van der Waals surface area contributed by atoms with Crippen LogP contribution in [0.3, 0.4) is 0 Å². The zero-order chi connectivity index (χ0) is 40.6. The van der Waals surface area contributed by atoms with Crippen LogP contribution in [0.4, 0.5) is 17.8 Å². The van der Waals surface area contributed by atoms with E-state index in [1.165, 1.54) is 6.07 Å². The Morgan fingerprint density at radius 3 is 2.14 bits per heavy atom. The number of aliphatic hydroxyl groups is 1. The fourth-order valence-electron chi connectivity index (χ4n) is 8.18. The van der Waals surface area contributed by atoms with Crippen molar-refractivity contribution in [3.05, 3.63) is 70.5 Å². The lowest BCUT2D eigenvalue weighted by Gasteiger charge is -2.40. The van der Waals surface area contributed by atoms with Crippen molar-refractivity contribution in [1.29, 1.82) is 0 Å². The van der Waals surface area contributed by atoms with E-state index in [0.717, 1.165) is 23.2 Å². The Hall–Kier alpha value is -5.65. The zero-order valence-electron chi connectivity index (χ0n) is 33.0. The van der Waals surface area contributed by atoms with Gasteiger partial charge >= 0.3 is 0 Å². The summed E-state index contributed by atoms with van der Waals surface area (Å²) in [6.45, 7) is 11.5. The van der Waals surface area contributed by atoms with E-state index in [1.54, 1.807) is 23.4 Å². The fraction of sp³-hybridized carbons (Fsp3) is 0.488. The number of nitrogen functional groups attached to an aromatic ring is 1. The van der Waals surface area contributed by atoms with Gasteiger partial charge < -0.3 is 45.4 Å². The Labute approximate surface area is 337 Å². The minimum absolute atomic E-state index is 0.000850. The van der Waals surface area contributed by atoms with Gasteiger partial charge in [0.15, 0.2) is 5.82 Å². The van der Waals surface area contributed by atoms with Gasteiger partial charge in [-0.25, -0.2) is 9.97 Å². The van der Waals surface area contributed by atoms with Crippen LogP contribution in [0, 0.1) is 0 Å². The molecule has 5 N–H and O–H groups in total. The highest BCUT2D eigenvalue weighted by Gasteiger charge is 2.37. The van der Waals surface area contributed by atoms with E-state index < -0.39 is 5.60 Å². The van der Waals surface area contributed by atoms with Crippen LogP contribution in [0.2, 0.25) is 0 Å². The first-order chi connectivity index (χ1) is 27.9. The Morgan fingerprint density at radius 2 is 1.47 bits per heavy atom. The second-order valence-corrected chi connectivity index (χ2v) is 16.1. The number of benzene rings is 2. The molecule has 2 aromatic carbocycles. The van der Waals surface area contributed by atoms with Crippen molar-refractivity contribution < 1.29 is 29.6 Å². The highest BCUT2D eigenvalue weighted by atomic mass is 16.5. The number of anilines is 3. The molecule has 2 amide bonds. The summed E-state index contributed by atoms with van der Waals surface area (Å²) < 4.78 is 5.53. The van der Waals surface area contributed by atoms with Gasteiger partial charge in [-0.3, -0.25) is 14.5 Å². The Balaban J connectivity index is 0.834. The minimum atomic E-state index is -1.13. The van der Waals surface area contributed by atoms with Gasteiger partial charge in [-0.15, -0.1) is 0 Å². The monoisotopic (exact) mass is 793 g/mol. The molecule has 2 aromatic heterocycles. The summed E-state index contributed by atoms with van der Waals surface area (Å²) in [4.78, 5) is 59.5. The predicted octanol–water partition coefficient (Wildman–Crippen LogP) is 2.50. The third kappa shape index (κ3) is 8.47. The summed E-state index contributed by atoms with van der Waals surface area (Å²) in [5.41, 5.74) is 9.30. The summed E-state index contributed by atoms with van der Waals surface area (Å²) in [6.07, 6.45) is 4.04. The molecule has 306 valence electrons. The maximum Gasteiger partial charge on any atom is 0.258 e. The van der Waals surface area contributed by atoms with Crippen LogP contribution in [-0.2, 0) is 29.2 Å². The second-order valence-electron chi connectivity index (χ2n) is 16.1. The number of fused-ring (bicyclic) bond motifs is 1. The molecule has 0 spiro atoms. The number of piperazine rings is 1. The molecule has 58 heavy (non-hydrogen) atoms. The van der Waals surface area contributed by atoms with Crippen LogP contribution in [0.1, 0.15) is 71.6 Å². The number of phenolic OH excluding ortho intramolecular Hbond substituents is 2. The number of nitrogens with zero attached hydrogens (tertiary/aromatic N) is 10. The first kappa shape index (κ1) is 39.2. The Kier molecular flexibility index (Phi) is 11.0. The lowest BCUT2D eigenvalue weighted by Crippen LogP contribution is -2.52. The summed E-state index contributed by atoms with van der Waals surface area (Å²) in [5.74, 6) is 1.08. The van der Waals surface area contributed by atoms with Gasteiger partial charge in [0.1, 0.15) is 11.5 Å². The van der Waals surface area contributed by atoms with Crippen LogP contribution in [0.25, 0.3) is 11.4 Å². The average Bonchev–Trinajstić information content (AvgIpc) is 3.65. The van der Waals surface area contributed by atoms with Crippen molar-refractivity contribution in [2.45, 2.75) is 64.3 Å². The Bertz CT molecular complexity index is 2150. The number of aromatic nitrogens is 5. The first-order valence-electron chi connectivity index (χ1n) is 20.0. The molecule has 4 aliphatic rings. The van der Waals surface area contributed by atoms with E-state index in [1.807, 2.05) is 23.6 Å². The van der Waals surface area contributed by atoms with E-state index in [4.69, 9.17) is 25.4 Å². The Morgan fingerprint density at radius 1 is 0.810 bits per heavy atom. The maximum atomic E-state index is 13.5. The summed E-state index contributed by atoms with van der Waals surface area (Å²) in [6, 6.07) is 9.15. The first-order valence-corrected chi connectivity index (χ1v) is 20.0. The molecule has 0 atom stereocenters. The number of morpholine rings is 1. The van der Waals surface area contributed by atoms with Crippen LogP contribution in [-0.4, -0.2) is 138 Å². The maximum absolute atomic E-state index is 13.5. The second kappa shape index (κ2) is 16.3. The molecular weight excluding hydrogens is 743 g/mol. The van der Waals surface area contributed by atoms with Gasteiger partial charge in [0.25, 0.3) is 5.91 Å². The third-order valence-corrected chi connectivity index (χ3v) is 11.7. The number of hydrogen-bond donors (Lipinski definition) is 4. The molecular formula is C41H51N11O6. The van der Waals surface area contributed by atoms with E-state index in [-0.39, 0.29) is 47.2 Å². The largest absolute Gasteiger partial charge is 0.508 e. The van der Waals surface area contributed by atoms with Crippen LogP contribution in [0.15, 0.2) is 42.7 Å². The highest BCUT2D eigenvalue weighted by Crippen LogP contribution is 2.35. The number of hydrogen-bond acceptors (Lipinski definition) is 15. The van der Waals surface area contributed by atoms with Gasteiger partial charge in [-0.05, 0) is 47.1 Å². The molecule has 8 rings (SSSR count). The zero-order valence-corrected chi connectivity index (χ0v) is 33.0. The fourth-order valence-corrected chi connectivity index (χ4v) is 8.18. The summed E-state index contributed by atoms with van der Waals surface area (Å²) >= 11 is 0. The number of phenols is 2. The van der Waals surface area contributed by atoms with Crippen molar-refractivity contribution in [1.82, 2.24) is 39.6 Å². The predicted molar refractivity (Wildman–Crippen MR) is 215 cm³/mol. The van der Waals surface area contributed by atoms with Crippen LogP contribution in [0.5, 0.6) is 11.5 Å². The van der Waals surface area contributed by atoms with Gasteiger partial charge in [-0.1, -0.05) is 32.0 Å². The smallest absolute Gasteiger partial charge is 0.258 e. The topological polar surface area (TPSA) is 211 Å². The minimum Gasteiger partial charge on any atom is -0.508 e. The molecule has 0 aliphatic carbocycles. The molecule has 0 saturated carbocycles. The molecule has 4 aliphatic heterocycles. The normalized spacial score (nSPS) is 18.5. The van der Waals surface area contributed by atoms with Crippen molar-refractivity contribution in [3.63, 3.8) is 0 Å². The lowest BCUT2D eigenvalue weighted by atomic mass is 9.87. The van der Waals surface area contributed by atoms with Gasteiger partial charge in [-0.2, -0.15) is 15.0 Å². The molecule has 3 fully saturated rings. The number of ether oxygens (including phenoxy) is 1. The lowest BCUT2D eigenvalue weighted by molar-refractivity contribution is -0.139. The SMILES string of the molecule is CC(C)c1cc(C(=O)N2Cc3ccc(CN4CCN(C(=O)CC5(O)CCN(c6nc(-c7cnc(N)nc7)nc(N7CCOCC7)n6)CC5)CC4)cc3C2)c(O)cc1O.